The van der Waals surface area contributed by atoms with Crippen molar-refractivity contribution < 1.29 is 9.13 Å². The van der Waals surface area contributed by atoms with Crippen LogP contribution in [-0.2, 0) is 4.74 Å². The van der Waals surface area contributed by atoms with Gasteiger partial charge in [-0.15, -0.1) is 0 Å². The minimum atomic E-state index is -0.263. The van der Waals surface area contributed by atoms with Crippen LogP contribution >= 0.6 is 0 Å². The molecule has 3 heteroatoms. The van der Waals surface area contributed by atoms with Crippen molar-refractivity contribution in [3.63, 3.8) is 0 Å². The van der Waals surface area contributed by atoms with E-state index in [4.69, 9.17) is 4.74 Å². The molecule has 1 aliphatic carbocycles. The van der Waals surface area contributed by atoms with Crippen LogP contribution in [-0.4, -0.2) is 32.1 Å². The minimum Gasteiger partial charge on any atom is -0.491 e. The first-order chi connectivity index (χ1) is 6.70. The Morgan fingerprint density at radius 3 is 2.93 bits per heavy atom. The summed E-state index contributed by atoms with van der Waals surface area (Å²) in [5, 5.41) is 0. The van der Waals surface area contributed by atoms with E-state index in [-0.39, 0.29) is 5.83 Å². The Bertz CT molecular complexity index is 233. The Balaban J connectivity index is 2.18. The van der Waals surface area contributed by atoms with Crippen LogP contribution in [0.1, 0.15) is 12.8 Å². The molecule has 0 aliphatic heterocycles. The van der Waals surface area contributed by atoms with Gasteiger partial charge in [0.1, 0.15) is 0 Å². The van der Waals surface area contributed by atoms with Gasteiger partial charge < -0.3 is 9.64 Å². The van der Waals surface area contributed by atoms with E-state index in [2.05, 4.69) is 4.90 Å². The molecule has 1 rings (SSSR count). The van der Waals surface area contributed by atoms with Crippen molar-refractivity contribution in [1.82, 2.24) is 4.90 Å². The normalized spacial score (nSPS) is 16.6. The SMILES string of the molecule is CN(C)CCCOC1=CC[CH]C=C1F. The topological polar surface area (TPSA) is 12.5 Å². The van der Waals surface area contributed by atoms with Crippen molar-refractivity contribution in [3.05, 3.63) is 30.2 Å². The first kappa shape index (κ1) is 11.2. The molecule has 0 atom stereocenters. The molecule has 0 fully saturated rings. The van der Waals surface area contributed by atoms with Gasteiger partial charge in [0.15, 0.2) is 11.6 Å². The smallest absolute Gasteiger partial charge is 0.161 e. The number of ether oxygens (including phenoxy) is 1. The summed E-state index contributed by atoms with van der Waals surface area (Å²) in [6.07, 6.45) is 6.69. The standard InChI is InChI=1S/C11H17FNO/c1-13(2)8-5-9-14-11-7-4-3-6-10(11)12/h3,6-7H,4-5,8-9H2,1-2H3. The molecule has 0 N–H and O–H groups in total. The zero-order valence-electron chi connectivity index (χ0n) is 8.79. The lowest BCUT2D eigenvalue weighted by Crippen LogP contribution is -2.14. The van der Waals surface area contributed by atoms with E-state index in [0.717, 1.165) is 19.4 Å². The second kappa shape index (κ2) is 5.81. The Kier molecular flexibility index (Phi) is 4.66. The van der Waals surface area contributed by atoms with Crippen LogP contribution in [0.15, 0.2) is 23.7 Å². The molecule has 1 radical (unpaired) electrons. The van der Waals surface area contributed by atoms with Gasteiger partial charge in [0.25, 0.3) is 0 Å². The molecule has 0 spiro atoms. The summed E-state index contributed by atoms with van der Waals surface area (Å²) in [4.78, 5) is 2.08. The highest BCUT2D eigenvalue weighted by Crippen LogP contribution is 2.20. The molecule has 0 bridgehead atoms. The van der Waals surface area contributed by atoms with Crippen LogP contribution in [0, 0.1) is 6.42 Å². The van der Waals surface area contributed by atoms with Crippen molar-refractivity contribution in [3.8, 4) is 0 Å². The van der Waals surface area contributed by atoms with Crippen LogP contribution in [0.5, 0.6) is 0 Å². The van der Waals surface area contributed by atoms with Gasteiger partial charge in [-0.2, -0.15) is 0 Å². The fourth-order valence-electron chi connectivity index (χ4n) is 1.22. The molecule has 0 aromatic rings. The van der Waals surface area contributed by atoms with E-state index in [0.29, 0.717) is 12.4 Å². The van der Waals surface area contributed by atoms with Gasteiger partial charge in [-0.05, 0) is 45.5 Å². The maximum atomic E-state index is 13.1. The number of halogens is 1. The second-order valence-corrected chi connectivity index (χ2v) is 3.56. The third kappa shape index (κ3) is 3.92. The number of nitrogens with zero attached hydrogens (tertiary/aromatic N) is 1. The Morgan fingerprint density at radius 1 is 1.50 bits per heavy atom. The highest BCUT2D eigenvalue weighted by Gasteiger charge is 2.08. The minimum absolute atomic E-state index is 0.263. The summed E-state index contributed by atoms with van der Waals surface area (Å²) in [5.74, 6) is 0.132. The molecule has 2 nitrogen and oxygen atoms in total. The van der Waals surface area contributed by atoms with Gasteiger partial charge in [0, 0.05) is 6.54 Å². The Hall–Kier alpha value is -0.830. The largest absolute Gasteiger partial charge is 0.491 e. The molecule has 0 aromatic heterocycles. The van der Waals surface area contributed by atoms with Crippen LogP contribution in [0.3, 0.4) is 0 Å². The van der Waals surface area contributed by atoms with Gasteiger partial charge in [-0.3, -0.25) is 0 Å². The van der Waals surface area contributed by atoms with E-state index in [1.807, 2.05) is 14.1 Å². The lowest BCUT2D eigenvalue weighted by Gasteiger charge is -2.13. The number of allylic oxidation sites excluding steroid dienone is 3. The molecule has 0 saturated heterocycles. The molecular formula is C11H17FNO. The maximum absolute atomic E-state index is 13.1. The molecule has 0 amide bonds. The Morgan fingerprint density at radius 2 is 2.29 bits per heavy atom. The second-order valence-electron chi connectivity index (χ2n) is 3.56. The highest BCUT2D eigenvalue weighted by atomic mass is 19.1. The van der Waals surface area contributed by atoms with Crippen LogP contribution < -0.4 is 0 Å². The summed E-state index contributed by atoms with van der Waals surface area (Å²) in [6.45, 7) is 1.54. The molecule has 14 heavy (non-hydrogen) atoms. The molecular weight excluding hydrogens is 181 g/mol. The van der Waals surface area contributed by atoms with Gasteiger partial charge >= 0.3 is 0 Å². The number of rotatable bonds is 5. The molecule has 0 saturated carbocycles. The summed E-state index contributed by atoms with van der Waals surface area (Å²) in [5.41, 5.74) is 0. The summed E-state index contributed by atoms with van der Waals surface area (Å²) < 4.78 is 18.4. The van der Waals surface area contributed by atoms with Gasteiger partial charge in [-0.25, -0.2) is 4.39 Å². The fourth-order valence-corrected chi connectivity index (χ4v) is 1.22. The first-order valence-corrected chi connectivity index (χ1v) is 4.87. The van der Waals surface area contributed by atoms with Gasteiger partial charge in [-0.1, -0.05) is 0 Å². The van der Waals surface area contributed by atoms with E-state index >= 15 is 0 Å². The van der Waals surface area contributed by atoms with E-state index < -0.39 is 0 Å². The Labute approximate surface area is 85.0 Å². The molecule has 0 unspecified atom stereocenters. The van der Waals surface area contributed by atoms with Gasteiger partial charge in [0.2, 0.25) is 0 Å². The average molecular weight is 198 g/mol. The van der Waals surface area contributed by atoms with Crippen molar-refractivity contribution in [2.24, 2.45) is 0 Å². The summed E-state index contributed by atoms with van der Waals surface area (Å²) in [6, 6.07) is 0. The van der Waals surface area contributed by atoms with Crippen molar-refractivity contribution in [1.29, 1.82) is 0 Å². The summed E-state index contributed by atoms with van der Waals surface area (Å²) in [7, 11) is 4.02. The zero-order valence-corrected chi connectivity index (χ0v) is 8.79. The van der Waals surface area contributed by atoms with E-state index in [1.54, 1.807) is 12.5 Å². The maximum Gasteiger partial charge on any atom is 0.161 e. The fraction of sp³-hybridized carbons (Fsp3) is 0.545. The third-order valence-corrected chi connectivity index (χ3v) is 1.95. The predicted octanol–water partition coefficient (Wildman–Crippen LogP) is 2.30. The summed E-state index contributed by atoms with van der Waals surface area (Å²) >= 11 is 0. The monoisotopic (exact) mass is 198 g/mol. The number of hydrogen-bond donors (Lipinski definition) is 0. The third-order valence-electron chi connectivity index (χ3n) is 1.95. The first-order valence-electron chi connectivity index (χ1n) is 4.87. The molecule has 0 aromatic carbocycles. The van der Waals surface area contributed by atoms with Crippen molar-refractivity contribution in [2.45, 2.75) is 12.8 Å². The lowest BCUT2D eigenvalue weighted by atomic mass is 10.1. The van der Waals surface area contributed by atoms with Crippen molar-refractivity contribution >= 4 is 0 Å². The lowest BCUT2D eigenvalue weighted by molar-refractivity contribution is 0.192. The quantitative estimate of drug-likeness (QED) is 0.628. The predicted molar refractivity (Wildman–Crippen MR) is 55.3 cm³/mol. The van der Waals surface area contributed by atoms with Crippen LogP contribution in [0.2, 0.25) is 0 Å². The van der Waals surface area contributed by atoms with Gasteiger partial charge in [0.05, 0.1) is 6.61 Å². The highest BCUT2D eigenvalue weighted by molar-refractivity contribution is 5.27. The molecule has 79 valence electrons. The van der Waals surface area contributed by atoms with Crippen LogP contribution in [0.25, 0.3) is 0 Å². The number of hydrogen-bond acceptors (Lipinski definition) is 2. The molecule has 1 aliphatic rings. The van der Waals surface area contributed by atoms with Crippen LogP contribution in [0.4, 0.5) is 4.39 Å². The zero-order chi connectivity index (χ0) is 10.4. The average Bonchev–Trinajstić information content (AvgIpc) is 2.15. The van der Waals surface area contributed by atoms with E-state index in [1.165, 1.54) is 6.08 Å². The van der Waals surface area contributed by atoms with E-state index in [9.17, 15) is 4.39 Å². The molecule has 0 heterocycles. The van der Waals surface area contributed by atoms with Crippen molar-refractivity contribution in [2.75, 3.05) is 27.2 Å².